The minimum absolute atomic E-state index is 0.597. The van der Waals surface area contributed by atoms with E-state index in [0.717, 1.165) is 0 Å². The van der Waals surface area contributed by atoms with Crippen molar-refractivity contribution in [1.82, 2.24) is 0 Å². The Bertz CT molecular complexity index is 114. The lowest BCUT2D eigenvalue weighted by Gasteiger charge is -2.15. The molecule has 0 aliphatic carbocycles. The summed E-state index contributed by atoms with van der Waals surface area (Å²) in [4.78, 5) is 0. The van der Waals surface area contributed by atoms with Crippen LogP contribution in [0.25, 0.3) is 0 Å². The number of rotatable bonds is 0. The lowest BCUT2D eigenvalue weighted by atomic mass is 9.88. The van der Waals surface area contributed by atoms with Crippen LogP contribution in [0, 0.1) is 0 Å². The Morgan fingerprint density at radius 1 is 1.56 bits per heavy atom. The quantitative estimate of drug-likeness (QED) is 0.465. The molecule has 2 radical (unpaired) electrons. The second-order valence-electron chi connectivity index (χ2n) is 2.28. The van der Waals surface area contributed by atoms with E-state index in [9.17, 15) is 8.78 Å². The summed E-state index contributed by atoms with van der Waals surface area (Å²) in [5.41, 5.74) is 3.41. The standard InChI is InChI=1S/C4H6BF2NO/c5-4(8)1-3(6,7)2-9-4/h1-2,8H2. The molecule has 1 rings (SSSR count). The molecule has 0 aromatic heterocycles. The second-order valence-corrected chi connectivity index (χ2v) is 2.28. The lowest BCUT2D eigenvalue weighted by Crippen LogP contribution is -2.40. The third kappa shape index (κ3) is 1.62. The molecular formula is C4H6BF2NO. The number of alkyl halides is 2. The topological polar surface area (TPSA) is 35.2 Å². The van der Waals surface area contributed by atoms with E-state index in [1.807, 2.05) is 0 Å². The molecule has 50 valence electrons. The van der Waals surface area contributed by atoms with Gasteiger partial charge in [-0.3, -0.25) is 0 Å². The van der Waals surface area contributed by atoms with Gasteiger partial charge in [0.25, 0.3) is 5.92 Å². The van der Waals surface area contributed by atoms with Crippen molar-refractivity contribution >= 4 is 7.85 Å². The zero-order chi connectivity index (χ0) is 7.12. The van der Waals surface area contributed by atoms with Gasteiger partial charge in [0.2, 0.25) is 0 Å². The average molecular weight is 133 g/mol. The van der Waals surface area contributed by atoms with Crippen LogP contribution in [0.4, 0.5) is 8.78 Å². The number of halogens is 2. The van der Waals surface area contributed by atoms with Crippen molar-refractivity contribution in [2.24, 2.45) is 5.73 Å². The molecule has 1 fully saturated rings. The Balaban J connectivity index is 2.58. The molecule has 0 spiro atoms. The summed E-state index contributed by atoms with van der Waals surface area (Å²) in [7, 11) is 5.03. The molecule has 0 aromatic rings. The van der Waals surface area contributed by atoms with Gasteiger partial charge in [-0.25, -0.2) is 8.78 Å². The van der Waals surface area contributed by atoms with Crippen molar-refractivity contribution in [3.8, 4) is 0 Å². The summed E-state index contributed by atoms with van der Waals surface area (Å²) in [5, 5.41) is 0. The van der Waals surface area contributed by atoms with Crippen molar-refractivity contribution in [1.29, 1.82) is 0 Å². The van der Waals surface area contributed by atoms with Crippen LogP contribution in [0.3, 0.4) is 0 Å². The fraction of sp³-hybridized carbons (Fsp3) is 1.00. The smallest absolute Gasteiger partial charge is 0.274 e. The van der Waals surface area contributed by atoms with Crippen LogP contribution >= 0.6 is 0 Å². The molecule has 2 N–H and O–H groups in total. The Morgan fingerprint density at radius 3 is 2.22 bits per heavy atom. The molecule has 9 heavy (non-hydrogen) atoms. The number of hydrogen-bond donors (Lipinski definition) is 1. The van der Waals surface area contributed by atoms with Crippen LogP contribution in [0.5, 0.6) is 0 Å². The van der Waals surface area contributed by atoms with Crippen LogP contribution in [0.15, 0.2) is 0 Å². The van der Waals surface area contributed by atoms with E-state index in [2.05, 4.69) is 4.74 Å². The fourth-order valence-electron chi connectivity index (χ4n) is 0.746. The monoisotopic (exact) mass is 133 g/mol. The van der Waals surface area contributed by atoms with Crippen molar-refractivity contribution < 1.29 is 13.5 Å². The molecular weight excluding hydrogens is 127 g/mol. The van der Waals surface area contributed by atoms with E-state index in [1.165, 1.54) is 0 Å². The third-order valence-electron chi connectivity index (χ3n) is 1.09. The molecule has 2 nitrogen and oxygen atoms in total. The number of ether oxygens (including phenoxy) is 1. The van der Waals surface area contributed by atoms with Crippen molar-refractivity contribution in [3.63, 3.8) is 0 Å². The molecule has 0 amide bonds. The first-order valence-corrected chi connectivity index (χ1v) is 2.51. The van der Waals surface area contributed by atoms with Gasteiger partial charge in [-0.05, 0) is 0 Å². The molecule has 1 aliphatic heterocycles. The summed E-state index contributed by atoms with van der Waals surface area (Å²) in [6.07, 6.45) is -0.597. The Morgan fingerprint density at radius 2 is 2.11 bits per heavy atom. The minimum Gasteiger partial charge on any atom is -0.364 e. The van der Waals surface area contributed by atoms with Gasteiger partial charge in [0.05, 0.1) is 5.62 Å². The van der Waals surface area contributed by atoms with Crippen LogP contribution in [0.1, 0.15) is 6.42 Å². The van der Waals surface area contributed by atoms with Gasteiger partial charge >= 0.3 is 0 Å². The summed E-state index contributed by atoms with van der Waals surface area (Å²) in [5.74, 6) is -2.84. The largest absolute Gasteiger partial charge is 0.364 e. The maximum Gasteiger partial charge on any atom is 0.274 e. The second kappa shape index (κ2) is 1.67. The first-order chi connectivity index (χ1) is 3.91. The van der Waals surface area contributed by atoms with E-state index in [-0.39, 0.29) is 0 Å². The van der Waals surface area contributed by atoms with Gasteiger partial charge in [0, 0.05) is 6.42 Å². The van der Waals surface area contributed by atoms with E-state index < -0.39 is 24.6 Å². The SMILES string of the molecule is [B]C1(N)CC(F)(F)CO1. The molecule has 1 aliphatic rings. The van der Waals surface area contributed by atoms with E-state index in [0.29, 0.717) is 0 Å². The summed E-state index contributed by atoms with van der Waals surface area (Å²) >= 11 is 0. The molecule has 1 heterocycles. The van der Waals surface area contributed by atoms with Crippen molar-refractivity contribution in [2.45, 2.75) is 18.0 Å². The Kier molecular flexibility index (Phi) is 1.29. The Hall–Kier alpha value is -0.155. The molecule has 0 aromatic carbocycles. The highest BCUT2D eigenvalue weighted by Gasteiger charge is 2.45. The van der Waals surface area contributed by atoms with Crippen molar-refractivity contribution in [3.05, 3.63) is 0 Å². The molecule has 1 saturated heterocycles. The zero-order valence-corrected chi connectivity index (χ0v) is 4.73. The number of nitrogens with two attached hydrogens (primary N) is 1. The van der Waals surface area contributed by atoms with Crippen LogP contribution < -0.4 is 5.73 Å². The third-order valence-corrected chi connectivity index (χ3v) is 1.09. The highest BCUT2D eigenvalue weighted by Crippen LogP contribution is 2.31. The molecule has 5 heteroatoms. The van der Waals surface area contributed by atoms with E-state index in [4.69, 9.17) is 13.6 Å². The maximum absolute atomic E-state index is 12.2. The fourth-order valence-corrected chi connectivity index (χ4v) is 0.746. The zero-order valence-electron chi connectivity index (χ0n) is 4.73. The normalized spacial score (nSPS) is 41.2. The molecule has 1 unspecified atom stereocenters. The summed E-state index contributed by atoms with van der Waals surface area (Å²) < 4.78 is 28.7. The molecule has 0 saturated carbocycles. The van der Waals surface area contributed by atoms with E-state index >= 15 is 0 Å². The highest BCUT2D eigenvalue weighted by molar-refractivity contribution is 6.14. The van der Waals surface area contributed by atoms with E-state index in [1.54, 1.807) is 0 Å². The lowest BCUT2D eigenvalue weighted by molar-refractivity contribution is -0.0119. The predicted molar refractivity (Wildman–Crippen MR) is 28.2 cm³/mol. The van der Waals surface area contributed by atoms with Gasteiger partial charge in [-0.1, -0.05) is 0 Å². The number of hydrogen-bond acceptors (Lipinski definition) is 2. The Labute approximate surface area is 52.8 Å². The van der Waals surface area contributed by atoms with Gasteiger partial charge in [0.1, 0.15) is 14.5 Å². The molecule has 0 bridgehead atoms. The van der Waals surface area contributed by atoms with Crippen molar-refractivity contribution in [2.75, 3.05) is 6.61 Å². The van der Waals surface area contributed by atoms with Gasteiger partial charge in [-0.2, -0.15) is 0 Å². The van der Waals surface area contributed by atoms with Gasteiger partial charge in [0.15, 0.2) is 0 Å². The van der Waals surface area contributed by atoms with Crippen LogP contribution in [-0.4, -0.2) is 26.0 Å². The minimum atomic E-state index is -2.84. The molecule has 1 atom stereocenters. The predicted octanol–water partition coefficient (Wildman–Crippen LogP) is -0.177. The van der Waals surface area contributed by atoms with Crippen LogP contribution in [-0.2, 0) is 4.74 Å². The first-order valence-electron chi connectivity index (χ1n) is 2.51. The highest BCUT2D eigenvalue weighted by atomic mass is 19.3. The summed E-state index contributed by atoms with van der Waals surface area (Å²) in [6, 6.07) is 0. The van der Waals surface area contributed by atoms with Gasteiger partial charge in [-0.15, -0.1) is 0 Å². The summed E-state index contributed by atoms with van der Waals surface area (Å²) in [6.45, 7) is -0.667. The first kappa shape index (κ1) is 6.96. The average Bonchev–Trinajstić information content (AvgIpc) is 1.78. The van der Waals surface area contributed by atoms with Gasteiger partial charge < -0.3 is 10.5 Å². The van der Waals surface area contributed by atoms with Crippen LogP contribution in [0.2, 0.25) is 0 Å². The maximum atomic E-state index is 12.2.